The maximum atomic E-state index is 11.9. The Hall–Kier alpha value is -1.51. The van der Waals surface area contributed by atoms with Crippen LogP contribution in [0.1, 0.15) is 75.2 Å². The Labute approximate surface area is 128 Å². The second-order valence-electron chi connectivity index (χ2n) is 6.03. The third-order valence-electron chi connectivity index (χ3n) is 3.79. The molecule has 0 saturated carbocycles. The van der Waals surface area contributed by atoms with Crippen LogP contribution >= 0.6 is 0 Å². The first kappa shape index (κ1) is 17.5. The molecule has 0 atom stereocenters. The number of ketones is 1. The standard InChI is InChI=1S/C18H28O3/c1-4-5-6-7-8-9-10-15-16(19)11-14(12-17(15)20)18(21)13(2)3/h11-13,19-20H,4-10H2,1-3H3. The summed E-state index contributed by atoms with van der Waals surface area (Å²) in [5.41, 5.74) is 0.942. The molecule has 0 aliphatic rings. The first-order valence-electron chi connectivity index (χ1n) is 8.06. The molecule has 0 aliphatic heterocycles. The largest absolute Gasteiger partial charge is 0.508 e. The van der Waals surface area contributed by atoms with Crippen LogP contribution in [0.2, 0.25) is 0 Å². The fourth-order valence-corrected chi connectivity index (χ4v) is 2.46. The van der Waals surface area contributed by atoms with Crippen molar-refractivity contribution in [2.24, 2.45) is 5.92 Å². The lowest BCUT2D eigenvalue weighted by molar-refractivity contribution is 0.0938. The molecule has 3 nitrogen and oxygen atoms in total. The molecule has 0 radical (unpaired) electrons. The third-order valence-corrected chi connectivity index (χ3v) is 3.79. The minimum absolute atomic E-state index is 0.0348. The number of carbonyl (C=O) groups excluding carboxylic acids is 1. The van der Waals surface area contributed by atoms with E-state index in [1.54, 1.807) is 13.8 Å². The monoisotopic (exact) mass is 292 g/mol. The number of phenols is 2. The maximum Gasteiger partial charge on any atom is 0.165 e. The highest BCUT2D eigenvalue weighted by Gasteiger charge is 2.16. The zero-order valence-electron chi connectivity index (χ0n) is 13.5. The summed E-state index contributed by atoms with van der Waals surface area (Å²) in [6.07, 6.45) is 7.64. The van der Waals surface area contributed by atoms with Crippen LogP contribution in [0.5, 0.6) is 11.5 Å². The van der Waals surface area contributed by atoms with Crippen molar-refractivity contribution in [3.05, 3.63) is 23.3 Å². The van der Waals surface area contributed by atoms with Gasteiger partial charge in [0.2, 0.25) is 0 Å². The second kappa shape index (κ2) is 8.71. The van der Waals surface area contributed by atoms with Crippen LogP contribution in [0.3, 0.4) is 0 Å². The van der Waals surface area contributed by atoms with Crippen molar-refractivity contribution in [1.82, 2.24) is 0 Å². The normalized spacial score (nSPS) is 11.0. The van der Waals surface area contributed by atoms with Crippen LogP contribution < -0.4 is 0 Å². The Morgan fingerprint density at radius 3 is 2.05 bits per heavy atom. The molecule has 1 rings (SSSR count). The number of benzene rings is 1. The van der Waals surface area contributed by atoms with Crippen molar-refractivity contribution in [2.75, 3.05) is 0 Å². The van der Waals surface area contributed by atoms with E-state index in [1.807, 2.05) is 0 Å². The van der Waals surface area contributed by atoms with E-state index in [0.717, 1.165) is 12.8 Å². The number of carbonyl (C=O) groups is 1. The Balaban J connectivity index is 2.62. The molecular weight excluding hydrogens is 264 g/mol. The zero-order valence-corrected chi connectivity index (χ0v) is 13.5. The molecule has 0 spiro atoms. The summed E-state index contributed by atoms with van der Waals surface area (Å²) in [5, 5.41) is 20.1. The number of aromatic hydroxyl groups is 2. The summed E-state index contributed by atoms with van der Waals surface area (Å²) in [6, 6.07) is 2.96. The number of rotatable bonds is 9. The van der Waals surface area contributed by atoms with E-state index >= 15 is 0 Å². The molecule has 0 heterocycles. The molecule has 2 N–H and O–H groups in total. The van der Waals surface area contributed by atoms with Gasteiger partial charge in [-0.3, -0.25) is 4.79 Å². The molecule has 1 aromatic carbocycles. The third kappa shape index (κ3) is 5.41. The SMILES string of the molecule is CCCCCCCCc1c(O)cc(C(=O)C(C)C)cc1O. The van der Waals surface area contributed by atoms with Crippen LogP contribution in [0, 0.1) is 5.92 Å². The van der Waals surface area contributed by atoms with Crippen molar-refractivity contribution in [3.63, 3.8) is 0 Å². The van der Waals surface area contributed by atoms with Gasteiger partial charge in [0.05, 0.1) is 0 Å². The summed E-state index contributed by atoms with van der Waals surface area (Å²) >= 11 is 0. The lowest BCUT2D eigenvalue weighted by atomic mass is 9.96. The van der Waals surface area contributed by atoms with Gasteiger partial charge >= 0.3 is 0 Å². The van der Waals surface area contributed by atoms with Gasteiger partial charge in [0.25, 0.3) is 0 Å². The fraction of sp³-hybridized carbons (Fsp3) is 0.611. The van der Waals surface area contributed by atoms with Gasteiger partial charge in [0, 0.05) is 17.0 Å². The molecule has 0 bridgehead atoms. The average Bonchev–Trinajstić information content (AvgIpc) is 2.43. The van der Waals surface area contributed by atoms with E-state index in [0.29, 0.717) is 17.5 Å². The number of unbranched alkanes of at least 4 members (excludes halogenated alkanes) is 5. The molecule has 0 saturated heterocycles. The van der Waals surface area contributed by atoms with Gasteiger partial charge in [0.15, 0.2) is 5.78 Å². The second-order valence-corrected chi connectivity index (χ2v) is 6.03. The van der Waals surface area contributed by atoms with Crippen LogP contribution in [0.15, 0.2) is 12.1 Å². The molecule has 21 heavy (non-hydrogen) atoms. The molecule has 1 aromatic rings. The number of phenolic OH excluding ortho intramolecular Hbond substituents is 2. The quantitative estimate of drug-likeness (QED) is 0.506. The van der Waals surface area contributed by atoms with E-state index in [4.69, 9.17) is 0 Å². The van der Waals surface area contributed by atoms with Crippen molar-refractivity contribution in [2.45, 2.75) is 65.7 Å². The molecule has 0 aliphatic carbocycles. The minimum Gasteiger partial charge on any atom is -0.508 e. The number of Topliss-reactive ketones (excluding diaryl/α,β-unsaturated/α-hetero) is 1. The highest BCUT2D eigenvalue weighted by Crippen LogP contribution is 2.31. The maximum absolute atomic E-state index is 11.9. The molecule has 3 heteroatoms. The number of hydrogen-bond acceptors (Lipinski definition) is 3. The van der Waals surface area contributed by atoms with E-state index in [-0.39, 0.29) is 23.2 Å². The van der Waals surface area contributed by atoms with Gasteiger partial charge in [-0.15, -0.1) is 0 Å². The van der Waals surface area contributed by atoms with Crippen LogP contribution in [0.25, 0.3) is 0 Å². The highest BCUT2D eigenvalue weighted by atomic mass is 16.3. The van der Waals surface area contributed by atoms with E-state index in [1.165, 1.54) is 37.8 Å². The van der Waals surface area contributed by atoms with Gasteiger partial charge in [-0.2, -0.15) is 0 Å². The summed E-state index contributed by atoms with van der Waals surface area (Å²) in [4.78, 5) is 11.9. The summed E-state index contributed by atoms with van der Waals surface area (Å²) < 4.78 is 0. The lowest BCUT2D eigenvalue weighted by Crippen LogP contribution is -2.07. The van der Waals surface area contributed by atoms with Gasteiger partial charge < -0.3 is 10.2 Å². The molecular formula is C18H28O3. The van der Waals surface area contributed by atoms with E-state index in [9.17, 15) is 15.0 Å². The van der Waals surface area contributed by atoms with Crippen molar-refractivity contribution < 1.29 is 15.0 Å². The van der Waals surface area contributed by atoms with Crippen molar-refractivity contribution in [3.8, 4) is 11.5 Å². The molecule has 0 fully saturated rings. The van der Waals surface area contributed by atoms with Crippen LogP contribution in [-0.4, -0.2) is 16.0 Å². The van der Waals surface area contributed by atoms with Gasteiger partial charge in [-0.1, -0.05) is 52.9 Å². The predicted octanol–water partition coefficient (Wildman–Crippen LogP) is 4.84. The van der Waals surface area contributed by atoms with Gasteiger partial charge in [-0.05, 0) is 25.0 Å². The topological polar surface area (TPSA) is 57.5 Å². The first-order chi connectivity index (χ1) is 9.97. The molecule has 0 aromatic heterocycles. The average molecular weight is 292 g/mol. The van der Waals surface area contributed by atoms with Gasteiger partial charge in [-0.25, -0.2) is 0 Å². The summed E-state index contributed by atoms with van der Waals surface area (Å²) in [5.74, 6) is -0.139. The summed E-state index contributed by atoms with van der Waals surface area (Å²) in [6.45, 7) is 5.80. The zero-order chi connectivity index (χ0) is 15.8. The first-order valence-corrected chi connectivity index (χ1v) is 8.06. The van der Waals surface area contributed by atoms with E-state index < -0.39 is 0 Å². The van der Waals surface area contributed by atoms with Crippen LogP contribution in [-0.2, 0) is 6.42 Å². The molecule has 0 amide bonds. The van der Waals surface area contributed by atoms with Crippen molar-refractivity contribution >= 4 is 5.78 Å². The Kier molecular flexibility index (Phi) is 7.27. The number of hydrogen-bond donors (Lipinski definition) is 2. The summed E-state index contributed by atoms with van der Waals surface area (Å²) in [7, 11) is 0. The Morgan fingerprint density at radius 1 is 1.00 bits per heavy atom. The van der Waals surface area contributed by atoms with Crippen molar-refractivity contribution in [1.29, 1.82) is 0 Å². The Bertz CT molecular complexity index is 441. The lowest BCUT2D eigenvalue weighted by Gasteiger charge is -2.11. The minimum atomic E-state index is -0.145. The molecule has 118 valence electrons. The highest BCUT2D eigenvalue weighted by molar-refractivity contribution is 5.98. The predicted molar refractivity (Wildman–Crippen MR) is 86.0 cm³/mol. The van der Waals surface area contributed by atoms with Gasteiger partial charge in [0.1, 0.15) is 11.5 Å². The van der Waals surface area contributed by atoms with E-state index in [2.05, 4.69) is 6.92 Å². The fourth-order valence-electron chi connectivity index (χ4n) is 2.46. The van der Waals surface area contributed by atoms with Crippen LogP contribution in [0.4, 0.5) is 0 Å². The Morgan fingerprint density at radius 2 is 1.52 bits per heavy atom. The molecule has 0 unspecified atom stereocenters. The smallest absolute Gasteiger partial charge is 0.165 e.